The van der Waals surface area contributed by atoms with Crippen LogP contribution < -0.4 is 0 Å². The Hall–Kier alpha value is -1.65. The Bertz CT molecular complexity index is 306. The maximum absolute atomic E-state index is 11.0. The summed E-state index contributed by atoms with van der Waals surface area (Å²) in [4.78, 5) is 21.4. The molecule has 0 saturated carbocycles. The SMILES string of the molecule is CCOC(=O)Cn1nccc1C=O. The highest BCUT2D eigenvalue weighted by atomic mass is 16.5. The van der Waals surface area contributed by atoms with E-state index in [9.17, 15) is 9.59 Å². The normalized spacial score (nSPS) is 9.62. The minimum Gasteiger partial charge on any atom is -0.465 e. The third-order valence-electron chi connectivity index (χ3n) is 1.45. The lowest BCUT2D eigenvalue weighted by atomic mass is 10.4. The second-order valence-corrected chi connectivity index (χ2v) is 2.34. The van der Waals surface area contributed by atoms with Crippen LogP contribution in [-0.4, -0.2) is 28.6 Å². The molecule has 0 aromatic carbocycles. The van der Waals surface area contributed by atoms with E-state index in [0.29, 0.717) is 18.6 Å². The van der Waals surface area contributed by atoms with Gasteiger partial charge in [0.05, 0.1) is 6.61 Å². The fraction of sp³-hybridized carbons (Fsp3) is 0.375. The predicted molar refractivity (Wildman–Crippen MR) is 44.2 cm³/mol. The third-order valence-corrected chi connectivity index (χ3v) is 1.45. The Morgan fingerprint density at radius 1 is 1.77 bits per heavy atom. The number of aldehydes is 1. The van der Waals surface area contributed by atoms with Crippen LogP contribution >= 0.6 is 0 Å². The van der Waals surface area contributed by atoms with Gasteiger partial charge in [-0.1, -0.05) is 0 Å². The zero-order chi connectivity index (χ0) is 9.68. The molecular formula is C8H10N2O3. The standard InChI is InChI=1S/C8H10N2O3/c1-2-13-8(12)5-10-7(6-11)3-4-9-10/h3-4,6H,2,5H2,1H3. The minimum atomic E-state index is -0.394. The molecule has 0 unspecified atom stereocenters. The first-order valence-electron chi connectivity index (χ1n) is 3.90. The molecule has 0 radical (unpaired) electrons. The van der Waals surface area contributed by atoms with Crippen LogP contribution in [0, 0.1) is 0 Å². The van der Waals surface area contributed by atoms with E-state index in [2.05, 4.69) is 5.10 Å². The molecule has 1 aromatic rings. The van der Waals surface area contributed by atoms with E-state index >= 15 is 0 Å². The lowest BCUT2D eigenvalue weighted by Crippen LogP contribution is -2.16. The third kappa shape index (κ3) is 2.40. The van der Waals surface area contributed by atoms with Crippen LogP contribution in [-0.2, 0) is 16.1 Å². The summed E-state index contributed by atoms with van der Waals surface area (Å²) in [7, 11) is 0. The lowest BCUT2D eigenvalue weighted by molar-refractivity contribution is -0.144. The van der Waals surface area contributed by atoms with Gasteiger partial charge >= 0.3 is 5.97 Å². The van der Waals surface area contributed by atoms with E-state index in [1.54, 1.807) is 6.92 Å². The summed E-state index contributed by atoms with van der Waals surface area (Å²) in [6.45, 7) is 2.03. The van der Waals surface area contributed by atoms with Gasteiger partial charge in [0.1, 0.15) is 12.2 Å². The number of esters is 1. The van der Waals surface area contributed by atoms with Gasteiger partial charge in [0.15, 0.2) is 6.29 Å². The van der Waals surface area contributed by atoms with Gasteiger partial charge in [-0.2, -0.15) is 5.10 Å². The summed E-state index contributed by atoms with van der Waals surface area (Å²) in [5.41, 5.74) is 0.369. The molecule has 0 bridgehead atoms. The number of ether oxygens (including phenoxy) is 1. The molecule has 0 saturated heterocycles. The van der Waals surface area contributed by atoms with Crippen molar-refractivity contribution in [2.24, 2.45) is 0 Å². The van der Waals surface area contributed by atoms with Gasteiger partial charge in [-0.3, -0.25) is 14.3 Å². The maximum atomic E-state index is 11.0. The number of nitrogens with zero attached hydrogens (tertiary/aromatic N) is 2. The van der Waals surface area contributed by atoms with Crippen LogP contribution in [0.15, 0.2) is 12.3 Å². The number of carbonyl (C=O) groups is 2. The van der Waals surface area contributed by atoms with Crippen LogP contribution in [0.2, 0.25) is 0 Å². The largest absolute Gasteiger partial charge is 0.465 e. The van der Waals surface area contributed by atoms with Crippen LogP contribution in [0.5, 0.6) is 0 Å². The molecule has 0 amide bonds. The topological polar surface area (TPSA) is 61.2 Å². The molecule has 70 valence electrons. The molecule has 0 aliphatic carbocycles. The molecule has 0 fully saturated rings. The summed E-state index contributed by atoms with van der Waals surface area (Å²) in [6.07, 6.45) is 2.11. The van der Waals surface area contributed by atoms with Crippen molar-refractivity contribution in [2.45, 2.75) is 13.5 Å². The zero-order valence-corrected chi connectivity index (χ0v) is 7.27. The fourth-order valence-electron chi connectivity index (χ4n) is 0.904. The number of aromatic nitrogens is 2. The van der Waals surface area contributed by atoms with Crippen molar-refractivity contribution in [2.75, 3.05) is 6.61 Å². The summed E-state index contributed by atoms with van der Waals surface area (Å²) >= 11 is 0. The Kier molecular flexibility index (Phi) is 3.19. The average molecular weight is 182 g/mol. The molecule has 13 heavy (non-hydrogen) atoms. The molecule has 0 spiro atoms. The van der Waals surface area contributed by atoms with Gasteiger partial charge in [-0.05, 0) is 13.0 Å². The smallest absolute Gasteiger partial charge is 0.327 e. The second-order valence-electron chi connectivity index (χ2n) is 2.34. The highest BCUT2D eigenvalue weighted by Gasteiger charge is 2.06. The second kappa shape index (κ2) is 4.39. The molecule has 0 N–H and O–H groups in total. The van der Waals surface area contributed by atoms with Crippen molar-refractivity contribution < 1.29 is 14.3 Å². The van der Waals surface area contributed by atoms with Gasteiger partial charge in [0.25, 0.3) is 0 Å². The van der Waals surface area contributed by atoms with Crippen LogP contribution in [0.4, 0.5) is 0 Å². The van der Waals surface area contributed by atoms with Crippen molar-refractivity contribution in [1.82, 2.24) is 9.78 Å². The van der Waals surface area contributed by atoms with E-state index in [4.69, 9.17) is 4.74 Å². The molecule has 0 aliphatic heterocycles. The predicted octanol–water partition coefficient (Wildman–Crippen LogP) is 0.259. The minimum absolute atomic E-state index is 0.0189. The zero-order valence-electron chi connectivity index (χ0n) is 7.27. The molecule has 1 aromatic heterocycles. The first-order chi connectivity index (χ1) is 6.27. The van der Waals surface area contributed by atoms with Crippen LogP contribution in [0.1, 0.15) is 17.4 Å². The molecule has 1 rings (SSSR count). The van der Waals surface area contributed by atoms with Gasteiger partial charge in [-0.25, -0.2) is 0 Å². The van der Waals surface area contributed by atoms with Gasteiger partial charge in [-0.15, -0.1) is 0 Å². The molecule has 1 heterocycles. The highest BCUT2D eigenvalue weighted by Crippen LogP contribution is 1.95. The molecule has 0 atom stereocenters. The maximum Gasteiger partial charge on any atom is 0.327 e. The van der Waals surface area contributed by atoms with Crippen LogP contribution in [0.3, 0.4) is 0 Å². The summed E-state index contributed by atoms with van der Waals surface area (Å²) in [6, 6.07) is 1.53. The van der Waals surface area contributed by atoms with E-state index in [1.807, 2.05) is 0 Å². The Labute approximate surface area is 75.3 Å². The highest BCUT2D eigenvalue weighted by molar-refractivity contribution is 5.74. The Balaban J connectivity index is 2.62. The Morgan fingerprint density at radius 3 is 3.15 bits per heavy atom. The van der Waals surface area contributed by atoms with E-state index in [-0.39, 0.29) is 6.54 Å². The summed E-state index contributed by atoms with van der Waals surface area (Å²) in [5, 5.41) is 3.79. The molecule has 5 nitrogen and oxygen atoms in total. The van der Waals surface area contributed by atoms with E-state index in [1.165, 1.54) is 16.9 Å². The fourth-order valence-corrected chi connectivity index (χ4v) is 0.904. The van der Waals surface area contributed by atoms with Crippen molar-refractivity contribution in [3.8, 4) is 0 Å². The number of carbonyl (C=O) groups excluding carboxylic acids is 2. The number of hydrogen-bond donors (Lipinski definition) is 0. The van der Waals surface area contributed by atoms with Crippen molar-refractivity contribution in [3.05, 3.63) is 18.0 Å². The van der Waals surface area contributed by atoms with Crippen molar-refractivity contribution in [1.29, 1.82) is 0 Å². The average Bonchev–Trinajstić information content (AvgIpc) is 2.52. The first kappa shape index (κ1) is 9.44. The Morgan fingerprint density at radius 2 is 2.54 bits per heavy atom. The molecule has 5 heteroatoms. The van der Waals surface area contributed by atoms with Gasteiger partial charge < -0.3 is 4.74 Å². The van der Waals surface area contributed by atoms with Crippen LogP contribution in [0.25, 0.3) is 0 Å². The first-order valence-corrected chi connectivity index (χ1v) is 3.90. The van der Waals surface area contributed by atoms with Gasteiger partial charge in [0.2, 0.25) is 0 Å². The lowest BCUT2D eigenvalue weighted by Gasteiger charge is -2.02. The van der Waals surface area contributed by atoms with E-state index < -0.39 is 5.97 Å². The summed E-state index contributed by atoms with van der Waals surface area (Å²) < 4.78 is 6.00. The summed E-state index contributed by atoms with van der Waals surface area (Å²) in [5.74, 6) is -0.394. The monoisotopic (exact) mass is 182 g/mol. The molecule has 0 aliphatic rings. The van der Waals surface area contributed by atoms with Crippen molar-refractivity contribution >= 4 is 12.3 Å². The van der Waals surface area contributed by atoms with Gasteiger partial charge in [0, 0.05) is 6.20 Å². The van der Waals surface area contributed by atoms with Crippen molar-refractivity contribution in [3.63, 3.8) is 0 Å². The quantitative estimate of drug-likeness (QED) is 0.495. The number of hydrogen-bond acceptors (Lipinski definition) is 4. The van der Waals surface area contributed by atoms with E-state index in [0.717, 1.165) is 0 Å². The molecular weight excluding hydrogens is 172 g/mol. The number of rotatable bonds is 4.